The summed E-state index contributed by atoms with van der Waals surface area (Å²) in [7, 11) is 0. The summed E-state index contributed by atoms with van der Waals surface area (Å²) in [6.45, 7) is 5.84. The number of nitrogens with one attached hydrogen (secondary N) is 1. The maximum absolute atomic E-state index is 12.6. The van der Waals surface area contributed by atoms with E-state index in [9.17, 15) is 9.18 Å². The van der Waals surface area contributed by atoms with Crippen LogP contribution >= 0.6 is 0 Å². The van der Waals surface area contributed by atoms with E-state index in [1.807, 2.05) is 0 Å². The third-order valence-corrected chi connectivity index (χ3v) is 2.00. The number of amides is 1. The molecule has 0 spiro atoms. The molecule has 1 rings (SSSR count). The molecule has 102 valence electrons. The Balaban J connectivity index is 2.28. The highest BCUT2D eigenvalue weighted by atomic mass is 19.1. The van der Waals surface area contributed by atoms with Crippen molar-refractivity contribution in [1.82, 2.24) is 5.32 Å². The van der Waals surface area contributed by atoms with E-state index in [-0.39, 0.29) is 5.82 Å². The second-order valence-corrected chi connectivity index (χ2v) is 4.99. The monoisotopic (exact) mass is 263 g/mol. The van der Waals surface area contributed by atoms with Gasteiger partial charge < -0.3 is 10.1 Å². The summed E-state index contributed by atoms with van der Waals surface area (Å²) in [5.41, 5.74) is 0.253. The lowest BCUT2D eigenvalue weighted by Crippen LogP contribution is -2.32. The maximum atomic E-state index is 12.6. The molecule has 0 atom stereocenters. The van der Waals surface area contributed by atoms with E-state index >= 15 is 0 Å². The van der Waals surface area contributed by atoms with Gasteiger partial charge in [0.25, 0.3) is 0 Å². The molecule has 1 aromatic rings. The van der Waals surface area contributed by atoms with Crippen LogP contribution in [0, 0.1) is 17.7 Å². The van der Waals surface area contributed by atoms with E-state index in [1.54, 1.807) is 32.9 Å². The quantitative estimate of drug-likeness (QED) is 0.657. The Kier molecular flexibility index (Phi) is 5.37. The lowest BCUT2D eigenvalue weighted by molar-refractivity contribution is 0.0529. The van der Waals surface area contributed by atoms with Crippen LogP contribution in [-0.2, 0) is 4.74 Å². The van der Waals surface area contributed by atoms with Crippen LogP contribution in [0.25, 0.3) is 0 Å². The van der Waals surface area contributed by atoms with Crippen molar-refractivity contribution in [1.29, 1.82) is 0 Å². The van der Waals surface area contributed by atoms with Gasteiger partial charge in [-0.3, -0.25) is 0 Å². The number of hydrogen-bond acceptors (Lipinski definition) is 2. The summed E-state index contributed by atoms with van der Waals surface area (Å²) in [6.07, 6.45) is 0.0625. The minimum absolute atomic E-state index is 0.280. The number of alkyl carbamates (subject to hydrolysis) is 1. The molecule has 0 unspecified atom stereocenters. The predicted octanol–water partition coefficient (Wildman–Crippen LogP) is 3.09. The van der Waals surface area contributed by atoms with E-state index in [0.717, 1.165) is 5.56 Å². The lowest BCUT2D eigenvalue weighted by Gasteiger charge is -2.19. The molecule has 0 bridgehead atoms. The Bertz CT molecular complexity index is 478. The average molecular weight is 263 g/mol. The maximum Gasteiger partial charge on any atom is 0.407 e. The number of benzene rings is 1. The summed E-state index contributed by atoms with van der Waals surface area (Å²) in [4.78, 5) is 11.3. The van der Waals surface area contributed by atoms with Gasteiger partial charge >= 0.3 is 6.09 Å². The molecule has 3 nitrogen and oxygen atoms in total. The van der Waals surface area contributed by atoms with E-state index in [0.29, 0.717) is 13.0 Å². The number of halogens is 1. The van der Waals surface area contributed by atoms with Gasteiger partial charge in [-0.1, -0.05) is 11.8 Å². The molecular weight excluding hydrogens is 245 g/mol. The first-order valence-electron chi connectivity index (χ1n) is 6.08. The molecule has 0 aliphatic carbocycles. The van der Waals surface area contributed by atoms with Crippen LogP contribution in [0.3, 0.4) is 0 Å². The van der Waals surface area contributed by atoms with E-state index in [2.05, 4.69) is 17.2 Å². The Labute approximate surface area is 113 Å². The molecule has 0 fully saturated rings. The Hall–Kier alpha value is -2.02. The fourth-order valence-electron chi connectivity index (χ4n) is 1.24. The van der Waals surface area contributed by atoms with Gasteiger partial charge in [0.15, 0.2) is 0 Å². The molecule has 1 aromatic carbocycles. The summed E-state index contributed by atoms with van der Waals surface area (Å²) in [5.74, 6) is 5.50. The van der Waals surface area contributed by atoms with Gasteiger partial charge in [-0.25, -0.2) is 9.18 Å². The lowest BCUT2D eigenvalue weighted by atomic mass is 10.2. The first-order chi connectivity index (χ1) is 8.87. The second kappa shape index (κ2) is 6.79. The van der Waals surface area contributed by atoms with Crippen LogP contribution in [0.1, 0.15) is 32.8 Å². The first kappa shape index (κ1) is 15.0. The number of carbonyl (C=O) groups is 1. The van der Waals surface area contributed by atoms with Crippen molar-refractivity contribution < 1.29 is 13.9 Å². The van der Waals surface area contributed by atoms with Crippen LogP contribution in [0.2, 0.25) is 0 Å². The Morgan fingerprint density at radius 3 is 2.53 bits per heavy atom. The van der Waals surface area contributed by atoms with Gasteiger partial charge in [0, 0.05) is 18.5 Å². The van der Waals surface area contributed by atoms with Crippen molar-refractivity contribution in [3.8, 4) is 11.8 Å². The number of rotatable bonds is 2. The standard InChI is InChI=1S/C15H18FNO2/c1-15(2,3)19-14(18)17-11-5-4-6-12-7-9-13(16)10-8-12/h7-10H,5,11H2,1-3H3,(H,17,18). The highest BCUT2D eigenvalue weighted by molar-refractivity contribution is 5.67. The third kappa shape index (κ3) is 7.10. The molecule has 0 radical (unpaired) electrons. The molecular formula is C15H18FNO2. The van der Waals surface area contributed by atoms with Gasteiger partial charge in [-0.15, -0.1) is 0 Å². The van der Waals surface area contributed by atoms with E-state index < -0.39 is 11.7 Å². The zero-order chi connectivity index (χ0) is 14.3. The molecule has 0 saturated heterocycles. The topological polar surface area (TPSA) is 38.3 Å². The SMILES string of the molecule is CC(C)(C)OC(=O)NCCC#Cc1ccc(F)cc1. The summed E-state index contributed by atoms with van der Waals surface area (Å²) >= 11 is 0. The highest BCUT2D eigenvalue weighted by Gasteiger charge is 2.15. The summed E-state index contributed by atoms with van der Waals surface area (Å²) < 4.78 is 17.7. The van der Waals surface area contributed by atoms with Crippen LogP contribution in [0.5, 0.6) is 0 Å². The average Bonchev–Trinajstić information content (AvgIpc) is 2.29. The fourth-order valence-corrected chi connectivity index (χ4v) is 1.24. The number of hydrogen-bond donors (Lipinski definition) is 1. The first-order valence-corrected chi connectivity index (χ1v) is 6.08. The summed E-state index contributed by atoms with van der Waals surface area (Å²) in [6, 6.07) is 5.96. The zero-order valence-corrected chi connectivity index (χ0v) is 11.4. The Morgan fingerprint density at radius 2 is 1.95 bits per heavy atom. The number of carbonyl (C=O) groups excluding carboxylic acids is 1. The third-order valence-electron chi connectivity index (χ3n) is 2.00. The van der Waals surface area contributed by atoms with Gasteiger partial charge in [-0.05, 0) is 45.0 Å². The van der Waals surface area contributed by atoms with Gasteiger partial charge in [-0.2, -0.15) is 0 Å². The Morgan fingerprint density at radius 1 is 1.32 bits per heavy atom. The molecule has 19 heavy (non-hydrogen) atoms. The normalized spacial score (nSPS) is 10.3. The molecule has 0 aromatic heterocycles. The van der Waals surface area contributed by atoms with Crippen LogP contribution in [0.4, 0.5) is 9.18 Å². The minimum Gasteiger partial charge on any atom is -0.444 e. The van der Waals surface area contributed by atoms with Crippen molar-refractivity contribution in [2.75, 3.05) is 6.54 Å². The van der Waals surface area contributed by atoms with Crippen molar-refractivity contribution in [3.63, 3.8) is 0 Å². The van der Waals surface area contributed by atoms with Crippen molar-refractivity contribution in [3.05, 3.63) is 35.6 Å². The van der Waals surface area contributed by atoms with Crippen molar-refractivity contribution >= 4 is 6.09 Å². The van der Waals surface area contributed by atoms with Gasteiger partial charge in [0.2, 0.25) is 0 Å². The molecule has 0 aliphatic rings. The zero-order valence-electron chi connectivity index (χ0n) is 11.4. The molecule has 0 heterocycles. The fraction of sp³-hybridized carbons (Fsp3) is 0.400. The predicted molar refractivity (Wildman–Crippen MR) is 72.1 cm³/mol. The van der Waals surface area contributed by atoms with Gasteiger partial charge in [0.05, 0.1) is 0 Å². The highest BCUT2D eigenvalue weighted by Crippen LogP contribution is 2.06. The minimum atomic E-state index is -0.496. The molecule has 0 aliphatic heterocycles. The van der Waals surface area contributed by atoms with E-state index in [1.165, 1.54) is 12.1 Å². The second-order valence-electron chi connectivity index (χ2n) is 4.99. The molecule has 4 heteroatoms. The van der Waals surface area contributed by atoms with Crippen molar-refractivity contribution in [2.45, 2.75) is 32.8 Å². The molecule has 1 amide bonds. The summed E-state index contributed by atoms with van der Waals surface area (Å²) in [5, 5.41) is 2.61. The molecule has 1 N–H and O–H groups in total. The van der Waals surface area contributed by atoms with Crippen LogP contribution in [-0.4, -0.2) is 18.2 Å². The largest absolute Gasteiger partial charge is 0.444 e. The smallest absolute Gasteiger partial charge is 0.407 e. The molecule has 0 saturated carbocycles. The van der Waals surface area contributed by atoms with Crippen LogP contribution < -0.4 is 5.32 Å². The van der Waals surface area contributed by atoms with Crippen molar-refractivity contribution in [2.24, 2.45) is 0 Å². The van der Waals surface area contributed by atoms with Crippen LogP contribution in [0.15, 0.2) is 24.3 Å². The van der Waals surface area contributed by atoms with Gasteiger partial charge in [0.1, 0.15) is 11.4 Å². The number of ether oxygens (including phenoxy) is 1. The van der Waals surface area contributed by atoms with E-state index in [4.69, 9.17) is 4.74 Å².